The molecule has 1 atom stereocenters. The number of ether oxygens (including phenoxy) is 2. The number of carbonyl (C=O) groups excluding carboxylic acids is 1. The molecule has 2 N–H and O–H groups in total. The number of sulfonamides is 1. The first kappa shape index (κ1) is 24.0. The molecular weight excluding hydrogens is 424 g/mol. The minimum Gasteiger partial charge on any atom is -0.497 e. The fourth-order valence-corrected chi connectivity index (χ4v) is 4.55. The van der Waals surface area contributed by atoms with Gasteiger partial charge in [-0.25, -0.2) is 13.1 Å². The lowest BCUT2D eigenvalue weighted by atomic mass is 10.1. The monoisotopic (exact) mass is 452 g/mol. The zero-order chi connectivity index (χ0) is 22.5. The molecule has 2 rings (SSSR count). The molecule has 0 unspecified atom stereocenters. The van der Waals surface area contributed by atoms with E-state index in [1.807, 2.05) is 6.26 Å². The molecule has 0 heterocycles. The Bertz CT molecular complexity index is 1010. The highest BCUT2D eigenvalue weighted by Gasteiger charge is 2.23. The minimum atomic E-state index is -3.86. The predicted molar refractivity (Wildman–Crippen MR) is 120 cm³/mol. The van der Waals surface area contributed by atoms with E-state index in [1.165, 1.54) is 31.0 Å². The van der Waals surface area contributed by atoms with Gasteiger partial charge in [0.15, 0.2) is 0 Å². The molecule has 0 radical (unpaired) electrons. The Kier molecular flexibility index (Phi) is 8.17. The molecule has 0 spiro atoms. The molecule has 2 aromatic carbocycles. The Hall–Kier alpha value is -2.23. The van der Waals surface area contributed by atoms with Gasteiger partial charge in [0.1, 0.15) is 11.5 Å². The van der Waals surface area contributed by atoms with Gasteiger partial charge in [0.05, 0.1) is 24.8 Å². The van der Waals surface area contributed by atoms with Crippen LogP contribution in [0.4, 0.5) is 5.69 Å². The molecular formula is C21H28N2O5S2. The van der Waals surface area contributed by atoms with Gasteiger partial charge >= 0.3 is 0 Å². The number of rotatable bonds is 9. The van der Waals surface area contributed by atoms with Crippen LogP contribution >= 0.6 is 11.8 Å². The largest absolute Gasteiger partial charge is 0.497 e. The van der Waals surface area contributed by atoms with E-state index in [0.29, 0.717) is 22.7 Å². The van der Waals surface area contributed by atoms with E-state index >= 15 is 0 Å². The standard InChI is InChI=1S/C21H28N2O5S2/c1-13(2)21(24)22-18-12-16(8-10-20(18)29-6)30(25,26)23-14(3)17-11-15(27-4)7-9-19(17)28-5/h7-14,23H,1-6H3,(H,22,24)/t14-/m1/s1. The molecule has 0 aromatic heterocycles. The van der Waals surface area contributed by atoms with Crippen LogP contribution in [0.1, 0.15) is 32.4 Å². The Morgan fingerprint density at radius 2 is 1.73 bits per heavy atom. The lowest BCUT2D eigenvalue weighted by Crippen LogP contribution is -2.27. The molecule has 7 nitrogen and oxygen atoms in total. The van der Waals surface area contributed by atoms with Crippen molar-refractivity contribution >= 4 is 33.4 Å². The van der Waals surface area contributed by atoms with Crippen molar-refractivity contribution in [3.63, 3.8) is 0 Å². The predicted octanol–water partition coefficient (Wildman–Crippen LogP) is 4.06. The van der Waals surface area contributed by atoms with Gasteiger partial charge in [0, 0.05) is 22.4 Å². The van der Waals surface area contributed by atoms with E-state index in [4.69, 9.17) is 9.47 Å². The summed E-state index contributed by atoms with van der Waals surface area (Å²) in [6.07, 6.45) is 1.87. The Morgan fingerprint density at radius 3 is 2.30 bits per heavy atom. The van der Waals surface area contributed by atoms with Crippen molar-refractivity contribution in [2.75, 3.05) is 25.8 Å². The Labute approximate surface area is 182 Å². The smallest absolute Gasteiger partial charge is 0.241 e. The Morgan fingerprint density at radius 1 is 1.03 bits per heavy atom. The fourth-order valence-electron chi connectivity index (χ4n) is 2.77. The third kappa shape index (κ3) is 5.68. The second kappa shape index (κ2) is 10.2. The molecule has 2 aromatic rings. The maximum atomic E-state index is 13.0. The van der Waals surface area contributed by atoms with Crippen molar-refractivity contribution in [2.45, 2.75) is 36.6 Å². The van der Waals surface area contributed by atoms with E-state index in [0.717, 1.165) is 4.90 Å². The highest BCUT2D eigenvalue weighted by Crippen LogP contribution is 2.32. The van der Waals surface area contributed by atoms with Gasteiger partial charge in [0.2, 0.25) is 15.9 Å². The summed E-state index contributed by atoms with van der Waals surface area (Å²) in [5.74, 6) is 0.745. The summed E-state index contributed by atoms with van der Waals surface area (Å²) >= 11 is 1.43. The number of benzene rings is 2. The summed E-state index contributed by atoms with van der Waals surface area (Å²) in [6, 6.07) is 9.32. The molecule has 0 aliphatic rings. The van der Waals surface area contributed by atoms with Gasteiger partial charge in [-0.05, 0) is 49.6 Å². The second-order valence-corrected chi connectivity index (χ2v) is 9.52. The summed E-state index contributed by atoms with van der Waals surface area (Å²) in [7, 11) is -0.795. The van der Waals surface area contributed by atoms with Crippen molar-refractivity contribution in [1.82, 2.24) is 4.72 Å². The number of methoxy groups -OCH3 is 2. The van der Waals surface area contributed by atoms with Crippen LogP contribution in [0.2, 0.25) is 0 Å². The van der Waals surface area contributed by atoms with E-state index < -0.39 is 16.1 Å². The van der Waals surface area contributed by atoms with Gasteiger partial charge in [-0.15, -0.1) is 11.8 Å². The molecule has 9 heteroatoms. The van der Waals surface area contributed by atoms with Crippen molar-refractivity contribution in [3.8, 4) is 11.5 Å². The molecule has 1 amide bonds. The highest BCUT2D eigenvalue weighted by molar-refractivity contribution is 7.98. The number of hydrogen-bond donors (Lipinski definition) is 2. The quantitative estimate of drug-likeness (QED) is 0.557. The van der Waals surface area contributed by atoms with Crippen LogP contribution in [0.15, 0.2) is 46.2 Å². The van der Waals surface area contributed by atoms with Crippen molar-refractivity contribution in [1.29, 1.82) is 0 Å². The zero-order valence-electron chi connectivity index (χ0n) is 18.0. The minimum absolute atomic E-state index is 0.0630. The molecule has 0 fully saturated rings. The van der Waals surface area contributed by atoms with Gasteiger partial charge in [-0.3, -0.25) is 4.79 Å². The lowest BCUT2D eigenvalue weighted by molar-refractivity contribution is -0.118. The average molecular weight is 453 g/mol. The normalized spacial score (nSPS) is 12.5. The van der Waals surface area contributed by atoms with Gasteiger partial charge < -0.3 is 14.8 Å². The van der Waals surface area contributed by atoms with Gasteiger partial charge in [-0.1, -0.05) is 13.8 Å². The summed E-state index contributed by atoms with van der Waals surface area (Å²) in [5.41, 5.74) is 1.12. The van der Waals surface area contributed by atoms with Crippen LogP contribution in [0.25, 0.3) is 0 Å². The van der Waals surface area contributed by atoms with Crippen LogP contribution in [0, 0.1) is 5.92 Å². The molecule has 0 saturated carbocycles. The summed E-state index contributed by atoms with van der Waals surface area (Å²) in [5, 5.41) is 2.80. The maximum absolute atomic E-state index is 13.0. The number of thioether (sulfide) groups is 1. The molecule has 0 bridgehead atoms. The molecule has 0 aliphatic heterocycles. The first-order valence-corrected chi connectivity index (χ1v) is 12.1. The Balaban J connectivity index is 2.36. The van der Waals surface area contributed by atoms with Crippen molar-refractivity contribution < 1.29 is 22.7 Å². The first-order chi connectivity index (χ1) is 14.1. The van der Waals surface area contributed by atoms with E-state index in [1.54, 1.807) is 52.1 Å². The lowest BCUT2D eigenvalue weighted by Gasteiger charge is -2.19. The summed E-state index contributed by atoms with van der Waals surface area (Å²) < 4.78 is 39.4. The van der Waals surface area contributed by atoms with Crippen LogP contribution in [-0.4, -0.2) is 34.8 Å². The molecule has 164 valence electrons. The summed E-state index contributed by atoms with van der Waals surface area (Å²) in [4.78, 5) is 13.0. The number of anilines is 1. The second-order valence-electron chi connectivity index (χ2n) is 6.96. The number of hydrogen-bond acceptors (Lipinski definition) is 6. The first-order valence-electron chi connectivity index (χ1n) is 9.36. The molecule has 0 saturated heterocycles. The number of amides is 1. The molecule has 0 aliphatic carbocycles. The molecule has 30 heavy (non-hydrogen) atoms. The maximum Gasteiger partial charge on any atom is 0.241 e. The van der Waals surface area contributed by atoms with Crippen LogP contribution in [0.5, 0.6) is 11.5 Å². The van der Waals surface area contributed by atoms with E-state index in [2.05, 4.69) is 10.0 Å². The van der Waals surface area contributed by atoms with Crippen LogP contribution in [-0.2, 0) is 14.8 Å². The zero-order valence-corrected chi connectivity index (χ0v) is 19.6. The van der Waals surface area contributed by atoms with Crippen LogP contribution < -0.4 is 19.5 Å². The third-order valence-electron chi connectivity index (χ3n) is 4.50. The fraction of sp³-hybridized carbons (Fsp3) is 0.381. The van der Waals surface area contributed by atoms with Gasteiger partial charge in [-0.2, -0.15) is 0 Å². The summed E-state index contributed by atoms with van der Waals surface area (Å²) in [6.45, 7) is 5.28. The SMILES string of the molecule is COc1ccc(OC)c([C@@H](C)NS(=O)(=O)c2ccc(SC)c(NC(=O)C(C)C)c2)c1. The number of nitrogens with one attached hydrogen (secondary N) is 2. The number of carbonyl (C=O) groups is 1. The van der Waals surface area contributed by atoms with Crippen molar-refractivity contribution in [3.05, 3.63) is 42.0 Å². The van der Waals surface area contributed by atoms with Crippen molar-refractivity contribution in [2.24, 2.45) is 5.92 Å². The average Bonchev–Trinajstić information content (AvgIpc) is 2.72. The van der Waals surface area contributed by atoms with E-state index in [-0.39, 0.29) is 16.7 Å². The highest BCUT2D eigenvalue weighted by atomic mass is 32.2. The third-order valence-corrected chi connectivity index (χ3v) is 6.83. The van der Waals surface area contributed by atoms with E-state index in [9.17, 15) is 13.2 Å². The topological polar surface area (TPSA) is 93.7 Å². The van der Waals surface area contributed by atoms with Gasteiger partial charge in [0.25, 0.3) is 0 Å². The van der Waals surface area contributed by atoms with Crippen LogP contribution in [0.3, 0.4) is 0 Å².